The van der Waals surface area contributed by atoms with Gasteiger partial charge in [-0.3, -0.25) is 0 Å². The Morgan fingerprint density at radius 1 is 1.71 bits per heavy atom. The number of nitrogens with zero attached hydrogens (tertiary/aromatic N) is 2. The summed E-state index contributed by atoms with van der Waals surface area (Å²) in [7, 11) is 1.72. The second-order valence-corrected chi connectivity index (χ2v) is 4.66. The normalized spacial score (nSPS) is 19.6. The van der Waals surface area contributed by atoms with Crippen LogP contribution in [-0.2, 0) is 9.47 Å². The molecule has 0 saturated carbocycles. The minimum atomic E-state index is -0.350. The van der Waals surface area contributed by atoms with E-state index in [4.69, 9.17) is 9.47 Å². The zero-order valence-electron chi connectivity index (χ0n) is 10.0. The van der Waals surface area contributed by atoms with Crippen LogP contribution in [0.15, 0.2) is 5.38 Å². The van der Waals surface area contributed by atoms with Gasteiger partial charge in [0.1, 0.15) is 0 Å². The Hall–Kier alpha value is -1.14. The van der Waals surface area contributed by atoms with Crippen molar-refractivity contribution < 1.29 is 14.3 Å². The number of esters is 1. The number of aromatic nitrogens is 1. The van der Waals surface area contributed by atoms with Crippen LogP contribution in [0.2, 0.25) is 0 Å². The standard InChI is InChI=1S/C11H16N2O3S/c1-3-16-10(14)9-7-17-11(12-9)13-5-4-8(6-13)15-2/h7-8H,3-6H2,1-2H3/t8-/m1/s1. The second kappa shape index (κ2) is 5.46. The smallest absolute Gasteiger partial charge is 0.357 e. The molecule has 94 valence electrons. The molecule has 0 unspecified atom stereocenters. The number of hydrogen-bond donors (Lipinski definition) is 0. The monoisotopic (exact) mass is 256 g/mol. The lowest BCUT2D eigenvalue weighted by atomic mass is 10.3. The highest BCUT2D eigenvalue weighted by Crippen LogP contribution is 2.25. The first-order valence-corrected chi connectivity index (χ1v) is 6.53. The number of hydrogen-bond acceptors (Lipinski definition) is 6. The Morgan fingerprint density at radius 2 is 2.53 bits per heavy atom. The van der Waals surface area contributed by atoms with Crippen LogP contribution in [0.5, 0.6) is 0 Å². The molecule has 17 heavy (non-hydrogen) atoms. The summed E-state index contributed by atoms with van der Waals surface area (Å²) in [5.74, 6) is -0.350. The maximum Gasteiger partial charge on any atom is 0.357 e. The Bertz CT molecular complexity index is 394. The number of anilines is 1. The van der Waals surface area contributed by atoms with E-state index in [1.54, 1.807) is 19.4 Å². The lowest BCUT2D eigenvalue weighted by Crippen LogP contribution is -2.22. The first-order valence-electron chi connectivity index (χ1n) is 5.65. The molecular weight excluding hydrogens is 240 g/mol. The molecule has 0 radical (unpaired) electrons. The molecule has 0 aliphatic carbocycles. The van der Waals surface area contributed by atoms with Gasteiger partial charge in [-0.1, -0.05) is 0 Å². The van der Waals surface area contributed by atoms with Gasteiger partial charge in [-0.25, -0.2) is 9.78 Å². The molecule has 1 fully saturated rings. The number of carbonyl (C=O) groups excluding carboxylic acids is 1. The van der Waals surface area contributed by atoms with Gasteiger partial charge >= 0.3 is 5.97 Å². The average molecular weight is 256 g/mol. The lowest BCUT2D eigenvalue weighted by molar-refractivity contribution is 0.0520. The van der Waals surface area contributed by atoms with Crippen molar-refractivity contribution in [1.82, 2.24) is 4.98 Å². The molecule has 0 bridgehead atoms. The molecule has 1 saturated heterocycles. The lowest BCUT2D eigenvalue weighted by Gasteiger charge is -2.13. The Kier molecular flexibility index (Phi) is 3.96. The minimum absolute atomic E-state index is 0.268. The SMILES string of the molecule is CCOC(=O)c1csc(N2CC[C@@H](OC)C2)n1. The van der Waals surface area contributed by atoms with Crippen LogP contribution in [0.25, 0.3) is 0 Å². The van der Waals surface area contributed by atoms with Crippen molar-refractivity contribution in [3.8, 4) is 0 Å². The molecule has 0 aromatic carbocycles. The van der Waals surface area contributed by atoms with Crippen LogP contribution >= 0.6 is 11.3 Å². The fourth-order valence-corrected chi connectivity index (χ4v) is 2.63. The third kappa shape index (κ3) is 2.76. The second-order valence-electron chi connectivity index (χ2n) is 3.83. The van der Waals surface area contributed by atoms with Crippen molar-refractivity contribution in [2.24, 2.45) is 0 Å². The van der Waals surface area contributed by atoms with Gasteiger partial charge in [0.25, 0.3) is 0 Å². The number of carbonyl (C=O) groups is 1. The van der Waals surface area contributed by atoms with Gasteiger partial charge in [0, 0.05) is 25.6 Å². The molecule has 1 aromatic heterocycles. The van der Waals surface area contributed by atoms with Crippen molar-refractivity contribution in [2.75, 3.05) is 31.7 Å². The minimum Gasteiger partial charge on any atom is -0.461 e. The van der Waals surface area contributed by atoms with Crippen LogP contribution in [-0.4, -0.2) is 43.9 Å². The van der Waals surface area contributed by atoms with Gasteiger partial charge in [-0.15, -0.1) is 11.3 Å². The fraction of sp³-hybridized carbons (Fsp3) is 0.636. The van der Waals surface area contributed by atoms with Crippen molar-refractivity contribution >= 4 is 22.4 Å². The zero-order chi connectivity index (χ0) is 12.3. The summed E-state index contributed by atoms with van der Waals surface area (Å²) in [6, 6.07) is 0. The fourth-order valence-electron chi connectivity index (χ4n) is 1.80. The van der Waals surface area contributed by atoms with Crippen molar-refractivity contribution in [1.29, 1.82) is 0 Å². The Balaban J connectivity index is 2.01. The molecule has 0 N–H and O–H groups in total. The summed E-state index contributed by atoms with van der Waals surface area (Å²) in [5, 5.41) is 2.61. The van der Waals surface area contributed by atoms with E-state index in [-0.39, 0.29) is 12.1 Å². The number of methoxy groups -OCH3 is 1. The number of thiazole rings is 1. The van der Waals surface area contributed by atoms with Crippen molar-refractivity contribution in [2.45, 2.75) is 19.4 Å². The molecule has 0 amide bonds. The van der Waals surface area contributed by atoms with E-state index in [1.165, 1.54) is 11.3 Å². The largest absolute Gasteiger partial charge is 0.461 e. The van der Waals surface area contributed by atoms with E-state index in [0.29, 0.717) is 12.3 Å². The molecule has 1 aliphatic heterocycles. The van der Waals surface area contributed by atoms with Gasteiger partial charge in [0.2, 0.25) is 0 Å². The van der Waals surface area contributed by atoms with Crippen LogP contribution in [0.3, 0.4) is 0 Å². The first-order chi connectivity index (χ1) is 8.24. The van der Waals surface area contributed by atoms with E-state index in [1.807, 2.05) is 0 Å². The molecule has 1 aromatic rings. The number of ether oxygens (including phenoxy) is 2. The molecule has 0 spiro atoms. The molecule has 2 heterocycles. The summed E-state index contributed by atoms with van der Waals surface area (Å²) in [4.78, 5) is 17.9. The third-order valence-electron chi connectivity index (χ3n) is 2.73. The highest BCUT2D eigenvalue weighted by atomic mass is 32.1. The maximum absolute atomic E-state index is 11.5. The first kappa shape index (κ1) is 12.3. The van der Waals surface area contributed by atoms with Gasteiger partial charge in [-0.05, 0) is 13.3 Å². The third-order valence-corrected chi connectivity index (χ3v) is 3.63. The predicted molar refractivity (Wildman–Crippen MR) is 65.7 cm³/mol. The molecule has 2 rings (SSSR count). The van der Waals surface area contributed by atoms with Gasteiger partial charge in [0.15, 0.2) is 10.8 Å². The molecular formula is C11H16N2O3S. The average Bonchev–Trinajstić information content (AvgIpc) is 2.98. The van der Waals surface area contributed by atoms with Gasteiger partial charge < -0.3 is 14.4 Å². The summed E-state index contributed by atoms with van der Waals surface area (Å²) in [6.45, 7) is 3.93. The molecule has 1 aliphatic rings. The van der Waals surface area contributed by atoms with Crippen LogP contribution in [0, 0.1) is 0 Å². The zero-order valence-corrected chi connectivity index (χ0v) is 10.8. The summed E-state index contributed by atoms with van der Waals surface area (Å²) < 4.78 is 10.2. The highest BCUT2D eigenvalue weighted by molar-refractivity contribution is 7.13. The van der Waals surface area contributed by atoms with Gasteiger partial charge in [-0.2, -0.15) is 0 Å². The quantitative estimate of drug-likeness (QED) is 0.765. The van der Waals surface area contributed by atoms with E-state index in [9.17, 15) is 4.79 Å². The summed E-state index contributed by atoms with van der Waals surface area (Å²) in [6.07, 6.45) is 1.27. The Labute approximate surface area is 104 Å². The number of rotatable bonds is 4. The van der Waals surface area contributed by atoms with E-state index in [2.05, 4.69) is 9.88 Å². The van der Waals surface area contributed by atoms with Crippen LogP contribution < -0.4 is 4.90 Å². The van der Waals surface area contributed by atoms with Crippen molar-refractivity contribution in [3.05, 3.63) is 11.1 Å². The molecule has 1 atom stereocenters. The molecule has 6 heteroatoms. The van der Waals surface area contributed by atoms with E-state index in [0.717, 1.165) is 24.6 Å². The molecule has 5 nitrogen and oxygen atoms in total. The maximum atomic E-state index is 11.5. The van der Waals surface area contributed by atoms with E-state index >= 15 is 0 Å². The topological polar surface area (TPSA) is 51.7 Å². The van der Waals surface area contributed by atoms with Gasteiger partial charge in [0.05, 0.1) is 12.7 Å². The van der Waals surface area contributed by atoms with Crippen LogP contribution in [0.1, 0.15) is 23.8 Å². The highest BCUT2D eigenvalue weighted by Gasteiger charge is 2.25. The van der Waals surface area contributed by atoms with Crippen molar-refractivity contribution in [3.63, 3.8) is 0 Å². The summed E-state index contributed by atoms with van der Waals surface area (Å²) in [5.41, 5.74) is 0.396. The van der Waals surface area contributed by atoms with Crippen LogP contribution in [0.4, 0.5) is 5.13 Å². The Morgan fingerprint density at radius 3 is 3.18 bits per heavy atom. The predicted octanol–water partition coefficient (Wildman–Crippen LogP) is 1.54. The summed E-state index contributed by atoms with van der Waals surface area (Å²) >= 11 is 1.47. The van der Waals surface area contributed by atoms with E-state index < -0.39 is 0 Å².